The third kappa shape index (κ3) is 5.56. The zero-order valence-corrected chi connectivity index (χ0v) is 20.8. The molecule has 4 rings (SSSR count). The number of rotatable bonds is 7. The van der Waals surface area contributed by atoms with Gasteiger partial charge in [0.15, 0.2) is 0 Å². The van der Waals surface area contributed by atoms with Crippen molar-refractivity contribution in [2.45, 2.75) is 25.3 Å². The van der Waals surface area contributed by atoms with E-state index >= 15 is 0 Å². The van der Waals surface area contributed by atoms with E-state index in [0.717, 1.165) is 29.3 Å². The van der Waals surface area contributed by atoms with Crippen LogP contribution in [-0.2, 0) is 4.79 Å². The highest BCUT2D eigenvalue weighted by Gasteiger charge is 2.33. The number of aromatic nitrogens is 2. The third-order valence-electron chi connectivity index (χ3n) is 5.71. The van der Waals surface area contributed by atoms with E-state index in [9.17, 15) is 9.59 Å². The fraction of sp³-hybridized carbons (Fsp3) is 0.280. The molecule has 0 saturated carbocycles. The van der Waals surface area contributed by atoms with E-state index in [1.807, 2.05) is 24.3 Å². The highest BCUT2D eigenvalue weighted by atomic mass is 79.9. The van der Waals surface area contributed by atoms with Gasteiger partial charge < -0.3 is 14.3 Å². The molecule has 1 atom stereocenters. The Labute approximate surface area is 211 Å². The summed E-state index contributed by atoms with van der Waals surface area (Å²) in [7, 11) is 0. The molecular formula is C25H24BrClN4O3. The average Bonchev–Trinajstić information content (AvgIpc) is 3.34. The number of nitrogens with zero attached hydrogens (tertiary/aromatic N) is 4. The minimum Gasteiger partial charge on any atom is -0.337 e. The van der Waals surface area contributed by atoms with Gasteiger partial charge >= 0.3 is 0 Å². The molecular weight excluding hydrogens is 520 g/mol. The Hall–Kier alpha value is -2.97. The van der Waals surface area contributed by atoms with Crippen LogP contribution in [0.1, 0.15) is 41.6 Å². The molecule has 0 aliphatic carbocycles. The van der Waals surface area contributed by atoms with Gasteiger partial charge in [0.05, 0.1) is 0 Å². The summed E-state index contributed by atoms with van der Waals surface area (Å²) in [5.74, 6) is 0.461. The summed E-state index contributed by atoms with van der Waals surface area (Å²) in [5, 5.41) is 4.67. The summed E-state index contributed by atoms with van der Waals surface area (Å²) < 4.78 is 6.53. The minimum atomic E-state index is -0.325. The molecule has 2 aromatic carbocycles. The second kappa shape index (κ2) is 11.0. The molecule has 34 heavy (non-hydrogen) atoms. The van der Waals surface area contributed by atoms with Gasteiger partial charge in [-0.15, -0.1) is 6.58 Å². The molecule has 2 heterocycles. The monoisotopic (exact) mass is 542 g/mol. The Balaban J connectivity index is 1.51. The van der Waals surface area contributed by atoms with Crippen LogP contribution in [0.4, 0.5) is 0 Å². The Kier molecular flexibility index (Phi) is 7.80. The molecule has 1 fully saturated rings. The third-order valence-corrected chi connectivity index (χ3v) is 6.49. The highest BCUT2D eigenvalue weighted by molar-refractivity contribution is 9.10. The van der Waals surface area contributed by atoms with Crippen molar-refractivity contribution in [3.63, 3.8) is 0 Å². The van der Waals surface area contributed by atoms with Crippen molar-refractivity contribution in [1.29, 1.82) is 0 Å². The first-order chi connectivity index (χ1) is 16.5. The van der Waals surface area contributed by atoms with E-state index in [4.69, 9.17) is 16.1 Å². The first-order valence-electron chi connectivity index (χ1n) is 11.0. The summed E-state index contributed by atoms with van der Waals surface area (Å²) in [6.45, 7) is 4.48. The lowest BCUT2D eigenvalue weighted by Gasteiger charge is -2.35. The van der Waals surface area contributed by atoms with Crippen molar-refractivity contribution in [2.75, 3.05) is 19.6 Å². The summed E-state index contributed by atoms with van der Waals surface area (Å²) in [6.07, 6.45) is 4.16. The number of likely N-dealkylation sites (tertiary alicyclic amines) is 1. The molecule has 9 heteroatoms. The maximum atomic E-state index is 13.4. The van der Waals surface area contributed by atoms with Crippen molar-refractivity contribution < 1.29 is 14.1 Å². The molecule has 0 N–H and O–H groups in total. The zero-order chi connectivity index (χ0) is 24.1. The van der Waals surface area contributed by atoms with Crippen LogP contribution in [0.2, 0.25) is 5.02 Å². The Bertz CT molecular complexity index is 1160. The van der Waals surface area contributed by atoms with Gasteiger partial charge in [-0.3, -0.25) is 9.59 Å². The topological polar surface area (TPSA) is 79.5 Å². The van der Waals surface area contributed by atoms with Gasteiger partial charge in [-0.1, -0.05) is 38.8 Å². The minimum absolute atomic E-state index is 0.0717. The van der Waals surface area contributed by atoms with Crippen molar-refractivity contribution >= 4 is 39.3 Å². The van der Waals surface area contributed by atoms with E-state index in [1.165, 1.54) is 4.90 Å². The lowest BCUT2D eigenvalue weighted by Crippen LogP contribution is -2.46. The first-order valence-corrected chi connectivity index (χ1v) is 12.2. The van der Waals surface area contributed by atoms with Crippen molar-refractivity contribution in [2.24, 2.45) is 0 Å². The molecule has 176 valence electrons. The van der Waals surface area contributed by atoms with Crippen LogP contribution >= 0.6 is 27.5 Å². The lowest BCUT2D eigenvalue weighted by molar-refractivity contribution is -0.136. The summed E-state index contributed by atoms with van der Waals surface area (Å²) in [5.41, 5.74) is 1.29. The predicted octanol–water partition coefficient (Wildman–Crippen LogP) is 5.53. The largest absolute Gasteiger partial charge is 0.337 e. The first kappa shape index (κ1) is 24.2. The van der Waals surface area contributed by atoms with Crippen molar-refractivity contribution in [1.82, 2.24) is 19.9 Å². The van der Waals surface area contributed by atoms with E-state index < -0.39 is 0 Å². The number of amides is 2. The van der Waals surface area contributed by atoms with Crippen LogP contribution in [0.25, 0.3) is 11.4 Å². The molecule has 0 spiro atoms. The molecule has 1 saturated heterocycles. The van der Waals surface area contributed by atoms with Gasteiger partial charge in [-0.2, -0.15) is 4.98 Å². The standard InChI is InChI=1S/C25H24BrClN4O3/c1-2-14-30(25(33)18-8-12-20(27)13-9-18)16-22(32)31-15-4-3-5-21(31)24-28-23(29-34-24)17-6-10-19(26)11-7-17/h2,6-13,21H,1,3-5,14-16H2. The fourth-order valence-corrected chi connectivity index (χ4v) is 4.37. The second-order valence-electron chi connectivity index (χ2n) is 8.04. The van der Waals surface area contributed by atoms with E-state index in [0.29, 0.717) is 28.8 Å². The molecule has 1 aromatic heterocycles. The van der Waals surface area contributed by atoms with Gasteiger partial charge in [0.2, 0.25) is 17.6 Å². The molecule has 1 aliphatic heterocycles. The Morgan fingerprint density at radius 2 is 1.91 bits per heavy atom. The highest BCUT2D eigenvalue weighted by Crippen LogP contribution is 2.31. The van der Waals surface area contributed by atoms with Gasteiger partial charge in [0.25, 0.3) is 5.91 Å². The SMILES string of the molecule is C=CCN(CC(=O)N1CCCCC1c1nc(-c2ccc(Br)cc2)no1)C(=O)c1ccc(Cl)cc1. The van der Waals surface area contributed by atoms with Gasteiger partial charge in [0.1, 0.15) is 12.6 Å². The number of benzene rings is 2. The number of carbonyl (C=O) groups is 2. The summed E-state index contributed by atoms with van der Waals surface area (Å²) in [4.78, 5) is 34.2. The molecule has 1 aliphatic rings. The van der Waals surface area contributed by atoms with Crippen molar-refractivity contribution in [3.05, 3.63) is 82.1 Å². The van der Waals surface area contributed by atoms with E-state index in [1.54, 1.807) is 35.2 Å². The van der Waals surface area contributed by atoms with Crippen LogP contribution in [-0.4, -0.2) is 51.4 Å². The number of halogens is 2. The lowest BCUT2D eigenvalue weighted by atomic mass is 10.0. The smallest absolute Gasteiger partial charge is 0.254 e. The number of piperidine rings is 1. The van der Waals surface area contributed by atoms with Gasteiger partial charge in [-0.05, 0) is 67.8 Å². The number of hydrogen-bond acceptors (Lipinski definition) is 5. The zero-order valence-electron chi connectivity index (χ0n) is 18.5. The molecule has 3 aromatic rings. The maximum absolute atomic E-state index is 13.4. The van der Waals surface area contributed by atoms with Crippen molar-refractivity contribution in [3.8, 4) is 11.4 Å². The van der Waals surface area contributed by atoms with Crippen LogP contribution < -0.4 is 0 Å². The second-order valence-corrected chi connectivity index (χ2v) is 9.40. The van der Waals surface area contributed by atoms with E-state index in [2.05, 4.69) is 32.6 Å². The number of hydrogen-bond donors (Lipinski definition) is 0. The Morgan fingerprint density at radius 3 is 2.62 bits per heavy atom. The molecule has 0 radical (unpaired) electrons. The van der Waals surface area contributed by atoms with Gasteiger partial charge in [0, 0.05) is 33.7 Å². The summed E-state index contributed by atoms with van der Waals surface area (Å²) >= 11 is 9.36. The summed E-state index contributed by atoms with van der Waals surface area (Å²) in [6, 6.07) is 13.9. The molecule has 7 nitrogen and oxygen atoms in total. The maximum Gasteiger partial charge on any atom is 0.254 e. The van der Waals surface area contributed by atoms with E-state index in [-0.39, 0.29) is 30.9 Å². The normalized spacial score (nSPS) is 15.7. The molecule has 1 unspecified atom stereocenters. The van der Waals surface area contributed by atoms with Crippen LogP contribution in [0, 0.1) is 0 Å². The fourth-order valence-electron chi connectivity index (χ4n) is 3.98. The van der Waals surface area contributed by atoms with Gasteiger partial charge in [-0.25, -0.2) is 0 Å². The Morgan fingerprint density at radius 1 is 1.18 bits per heavy atom. The quantitative estimate of drug-likeness (QED) is 0.366. The van der Waals surface area contributed by atoms with Crippen LogP contribution in [0.15, 0.2) is 70.2 Å². The number of carbonyl (C=O) groups excluding carboxylic acids is 2. The molecule has 0 bridgehead atoms. The van der Waals surface area contributed by atoms with Crippen LogP contribution in [0.3, 0.4) is 0 Å². The predicted molar refractivity (Wildman–Crippen MR) is 133 cm³/mol. The van der Waals surface area contributed by atoms with Crippen LogP contribution in [0.5, 0.6) is 0 Å². The molecule has 2 amide bonds. The average molecular weight is 544 g/mol.